The van der Waals surface area contributed by atoms with E-state index in [1.807, 2.05) is 36.4 Å². The van der Waals surface area contributed by atoms with E-state index in [4.69, 9.17) is 14.2 Å². The molecule has 0 spiro atoms. The van der Waals surface area contributed by atoms with Crippen LogP contribution >= 0.6 is 15.9 Å². The van der Waals surface area contributed by atoms with Crippen molar-refractivity contribution in [3.63, 3.8) is 0 Å². The topological polar surface area (TPSA) is 68.8 Å². The minimum absolute atomic E-state index is 0.0215. The van der Waals surface area contributed by atoms with Crippen molar-refractivity contribution in [2.75, 3.05) is 32.0 Å². The standard InChI is InChI=1S/C28H26BrFN2O4/c1-34-24-13-17(14-25(35-2)28(24)36-3)16-11-22-26(23(33)12-16)27(15-8-9-19(30)18(29)10-15)32-21-7-5-4-6-20(21)31-22/h4-10,13-14,16,27,31-32H,11-12H2,1-3H3. The zero-order valence-electron chi connectivity index (χ0n) is 20.2. The van der Waals surface area contributed by atoms with Crippen molar-refractivity contribution in [2.24, 2.45) is 0 Å². The van der Waals surface area contributed by atoms with Gasteiger partial charge in [-0.3, -0.25) is 4.79 Å². The smallest absolute Gasteiger partial charge is 0.203 e. The Hall–Kier alpha value is -3.52. The number of para-hydroxylation sites is 2. The molecule has 3 aromatic rings. The number of ketones is 1. The van der Waals surface area contributed by atoms with Crippen LogP contribution in [0.25, 0.3) is 0 Å². The third-order valence-corrected chi connectivity index (χ3v) is 7.35. The van der Waals surface area contributed by atoms with Gasteiger partial charge in [0.25, 0.3) is 0 Å². The Bertz CT molecular complexity index is 1350. The minimum atomic E-state index is -0.429. The number of halogens is 2. The van der Waals surface area contributed by atoms with Gasteiger partial charge in [-0.05, 0) is 75.8 Å². The number of carbonyl (C=O) groups is 1. The number of anilines is 2. The average molecular weight is 553 g/mol. The molecule has 0 bridgehead atoms. The lowest BCUT2D eigenvalue weighted by atomic mass is 9.78. The summed E-state index contributed by atoms with van der Waals surface area (Å²) in [5.41, 5.74) is 4.98. The van der Waals surface area contributed by atoms with Crippen LogP contribution < -0.4 is 24.8 Å². The molecule has 2 aliphatic rings. The number of hydrogen-bond acceptors (Lipinski definition) is 6. The monoisotopic (exact) mass is 552 g/mol. The second-order valence-electron chi connectivity index (χ2n) is 8.80. The fourth-order valence-electron chi connectivity index (χ4n) is 5.01. The highest BCUT2D eigenvalue weighted by Gasteiger charge is 2.36. The summed E-state index contributed by atoms with van der Waals surface area (Å²) in [5.74, 6) is 1.19. The molecule has 8 heteroatoms. The van der Waals surface area contributed by atoms with E-state index in [9.17, 15) is 9.18 Å². The number of carbonyl (C=O) groups excluding carboxylic acids is 1. The van der Waals surface area contributed by atoms with Crippen molar-refractivity contribution in [1.82, 2.24) is 0 Å². The summed E-state index contributed by atoms with van der Waals surface area (Å²) in [6, 6.07) is 16.1. The normalized spacial score (nSPS) is 18.9. The number of allylic oxidation sites excluding steroid dienone is 1. The second-order valence-corrected chi connectivity index (χ2v) is 9.66. The number of methoxy groups -OCH3 is 3. The van der Waals surface area contributed by atoms with E-state index in [-0.39, 0.29) is 17.5 Å². The van der Waals surface area contributed by atoms with Crippen molar-refractivity contribution in [1.29, 1.82) is 0 Å². The van der Waals surface area contributed by atoms with Crippen LogP contribution in [0, 0.1) is 5.82 Å². The molecule has 6 nitrogen and oxygen atoms in total. The van der Waals surface area contributed by atoms with Gasteiger partial charge in [0.15, 0.2) is 17.3 Å². The highest BCUT2D eigenvalue weighted by atomic mass is 79.9. The van der Waals surface area contributed by atoms with Gasteiger partial charge in [0, 0.05) is 17.7 Å². The van der Waals surface area contributed by atoms with Crippen LogP contribution in [0.4, 0.5) is 15.8 Å². The van der Waals surface area contributed by atoms with Gasteiger partial charge in [-0.2, -0.15) is 0 Å². The van der Waals surface area contributed by atoms with Gasteiger partial charge >= 0.3 is 0 Å². The first kappa shape index (κ1) is 24.2. The van der Waals surface area contributed by atoms with Crippen LogP contribution in [-0.4, -0.2) is 27.1 Å². The van der Waals surface area contributed by atoms with Crippen molar-refractivity contribution < 1.29 is 23.4 Å². The lowest BCUT2D eigenvalue weighted by Gasteiger charge is -2.30. The summed E-state index contributed by atoms with van der Waals surface area (Å²) < 4.78 is 30.9. The molecule has 3 aromatic carbocycles. The van der Waals surface area contributed by atoms with Crippen molar-refractivity contribution in [2.45, 2.75) is 24.8 Å². The van der Waals surface area contributed by atoms with E-state index in [0.717, 1.165) is 28.2 Å². The highest BCUT2D eigenvalue weighted by Crippen LogP contribution is 2.47. The zero-order chi connectivity index (χ0) is 25.4. The maximum absolute atomic E-state index is 14.0. The Morgan fingerprint density at radius 2 is 1.58 bits per heavy atom. The summed E-state index contributed by atoms with van der Waals surface area (Å²) in [5, 5.41) is 7.04. The molecule has 0 saturated carbocycles. The van der Waals surface area contributed by atoms with Crippen LogP contribution in [-0.2, 0) is 4.79 Å². The molecule has 2 N–H and O–H groups in total. The lowest BCUT2D eigenvalue weighted by molar-refractivity contribution is -0.116. The van der Waals surface area contributed by atoms with Crippen LogP contribution in [0.15, 0.2) is 70.3 Å². The first-order valence-electron chi connectivity index (χ1n) is 11.6. The van der Waals surface area contributed by atoms with Crippen molar-refractivity contribution >= 4 is 33.1 Å². The molecular weight excluding hydrogens is 527 g/mol. The van der Waals surface area contributed by atoms with Crippen LogP contribution in [0.1, 0.15) is 35.9 Å². The molecule has 0 fully saturated rings. The Balaban J connectivity index is 1.60. The third-order valence-electron chi connectivity index (χ3n) is 6.74. The molecule has 1 aliphatic heterocycles. The summed E-state index contributed by atoms with van der Waals surface area (Å²) in [4.78, 5) is 13.8. The fraction of sp³-hybridized carbons (Fsp3) is 0.250. The summed E-state index contributed by atoms with van der Waals surface area (Å²) >= 11 is 3.29. The molecule has 0 saturated heterocycles. The first-order valence-corrected chi connectivity index (χ1v) is 12.4. The molecule has 1 aliphatic carbocycles. The Kier molecular flexibility index (Phi) is 6.62. The minimum Gasteiger partial charge on any atom is -0.493 e. The van der Waals surface area contributed by atoms with Gasteiger partial charge < -0.3 is 24.8 Å². The van der Waals surface area contributed by atoms with Crippen LogP contribution in [0.5, 0.6) is 17.2 Å². The number of hydrogen-bond donors (Lipinski definition) is 2. The molecule has 5 rings (SSSR count). The number of nitrogens with one attached hydrogen (secondary N) is 2. The maximum Gasteiger partial charge on any atom is 0.203 e. The maximum atomic E-state index is 14.0. The predicted molar refractivity (Wildman–Crippen MR) is 141 cm³/mol. The van der Waals surface area contributed by atoms with Gasteiger partial charge in [-0.15, -0.1) is 0 Å². The van der Waals surface area contributed by atoms with E-state index >= 15 is 0 Å². The Morgan fingerprint density at radius 1 is 0.889 bits per heavy atom. The van der Waals surface area contributed by atoms with E-state index < -0.39 is 6.04 Å². The average Bonchev–Trinajstić information content (AvgIpc) is 3.06. The molecule has 186 valence electrons. The van der Waals surface area contributed by atoms with Crippen LogP contribution in [0.3, 0.4) is 0 Å². The molecule has 0 aromatic heterocycles. The molecule has 1 heterocycles. The molecule has 0 amide bonds. The fourth-order valence-corrected chi connectivity index (χ4v) is 5.40. The van der Waals surface area contributed by atoms with E-state index in [1.165, 1.54) is 6.07 Å². The van der Waals surface area contributed by atoms with E-state index in [0.29, 0.717) is 40.1 Å². The van der Waals surface area contributed by atoms with Gasteiger partial charge in [-0.25, -0.2) is 4.39 Å². The largest absolute Gasteiger partial charge is 0.493 e. The lowest BCUT2D eigenvalue weighted by Crippen LogP contribution is -2.27. The summed E-state index contributed by atoms with van der Waals surface area (Å²) in [6.45, 7) is 0. The Labute approximate surface area is 217 Å². The molecular formula is C28H26BrFN2O4. The quantitative estimate of drug-likeness (QED) is 0.372. The predicted octanol–water partition coefficient (Wildman–Crippen LogP) is 6.59. The van der Waals surface area contributed by atoms with Crippen molar-refractivity contribution in [3.8, 4) is 17.2 Å². The summed E-state index contributed by atoms with van der Waals surface area (Å²) in [6.07, 6.45) is 0.921. The number of rotatable bonds is 5. The molecule has 36 heavy (non-hydrogen) atoms. The van der Waals surface area contributed by atoms with E-state index in [1.54, 1.807) is 33.5 Å². The second kappa shape index (κ2) is 9.85. The third kappa shape index (κ3) is 4.30. The summed E-state index contributed by atoms with van der Waals surface area (Å²) in [7, 11) is 4.72. The van der Waals surface area contributed by atoms with Gasteiger partial charge in [0.05, 0.1) is 43.2 Å². The molecule has 2 atom stereocenters. The highest BCUT2D eigenvalue weighted by molar-refractivity contribution is 9.10. The van der Waals surface area contributed by atoms with Gasteiger partial charge in [-0.1, -0.05) is 18.2 Å². The number of ether oxygens (including phenoxy) is 3. The first-order chi connectivity index (χ1) is 17.4. The molecule has 0 radical (unpaired) electrons. The number of Topliss-reactive ketones (excluding diaryl/α,β-unsaturated/α-hetero) is 1. The van der Waals surface area contributed by atoms with E-state index in [2.05, 4.69) is 26.6 Å². The molecule has 2 unspecified atom stereocenters. The van der Waals surface area contributed by atoms with Crippen molar-refractivity contribution in [3.05, 3.63) is 87.3 Å². The Morgan fingerprint density at radius 3 is 2.22 bits per heavy atom. The van der Waals surface area contributed by atoms with Gasteiger partial charge in [0.2, 0.25) is 5.75 Å². The number of benzene rings is 3. The zero-order valence-corrected chi connectivity index (χ0v) is 21.7. The van der Waals surface area contributed by atoms with Crippen LogP contribution in [0.2, 0.25) is 0 Å². The number of fused-ring (bicyclic) bond motifs is 1. The van der Waals surface area contributed by atoms with Gasteiger partial charge in [0.1, 0.15) is 5.82 Å². The SMILES string of the molecule is COc1cc(C2CC(=O)C3=C(C2)Nc2ccccc2NC3c2ccc(F)c(Br)c2)cc(OC)c1OC.